The van der Waals surface area contributed by atoms with Crippen LogP contribution in [0.5, 0.6) is 0 Å². The zero-order valence-corrected chi connectivity index (χ0v) is 16.2. The minimum atomic E-state index is 0.144. The number of benzene rings is 3. The molecule has 3 aromatic carbocycles. The van der Waals surface area contributed by atoms with E-state index < -0.39 is 0 Å². The molecule has 0 bridgehead atoms. The summed E-state index contributed by atoms with van der Waals surface area (Å²) >= 11 is 1.54. The molecule has 3 nitrogen and oxygen atoms in total. The van der Waals surface area contributed by atoms with Crippen LogP contribution in [-0.4, -0.2) is 21.1 Å². The first-order chi connectivity index (χ1) is 13.3. The fourth-order valence-electron chi connectivity index (χ4n) is 3.37. The molecule has 4 heteroatoms. The van der Waals surface area contributed by atoms with Crippen molar-refractivity contribution in [2.24, 2.45) is 0 Å². The average molecular weight is 375 g/mol. The van der Waals surface area contributed by atoms with E-state index in [4.69, 9.17) is 4.98 Å². The molecule has 0 amide bonds. The molecule has 4 rings (SSSR count). The van der Waals surface area contributed by atoms with Crippen LogP contribution in [-0.2, 0) is 6.54 Å². The maximum Gasteiger partial charge on any atom is 0.173 e. The van der Waals surface area contributed by atoms with Crippen molar-refractivity contribution < 1.29 is 4.79 Å². The van der Waals surface area contributed by atoms with Crippen molar-refractivity contribution in [3.8, 4) is 0 Å². The Hall–Kier alpha value is -2.59. The summed E-state index contributed by atoms with van der Waals surface area (Å²) in [5.41, 5.74) is 2.93. The third-order valence-electron chi connectivity index (χ3n) is 4.78. The normalized spacial score (nSPS) is 11.3. The number of nitrogens with zero attached hydrogens (tertiary/aromatic N) is 2. The minimum absolute atomic E-state index is 0.144. The second kappa shape index (κ2) is 7.97. The van der Waals surface area contributed by atoms with Gasteiger partial charge in [0.2, 0.25) is 0 Å². The van der Waals surface area contributed by atoms with Crippen LogP contribution >= 0.6 is 11.8 Å². The number of hydrogen-bond acceptors (Lipinski definition) is 3. The molecule has 1 heterocycles. The van der Waals surface area contributed by atoms with E-state index >= 15 is 0 Å². The lowest BCUT2D eigenvalue weighted by Crippen LogP contribution is -2.06. The van der Waals surface area contributed by atoms with Crippen LogP contribution in [0.15, 0.2) is 71.9 Å². The van der Waals surface area contributed by atoms with E-state index in [0.29, 0.717) is 5.75 Å². The Balaban J connectivity index is 1.60. The van der Waals surface area contributed by atoms with E-state index in [1.54, 1.807) is 0 Å². The minimum Gasteiger partial charge on any atom is -0.319 e. The van der Waals surface area contributed by atoms with Crippen LogP contribution < -0.4 is 0 Å². The van der Waals surface area contributed by atoms with Gasteiger partial charge in [-0.25, -0.2) is 4.98 Å². The summed E-state index contributed by atoms with van der Waals surface area (Å²) in [5.74, 6) is 0.537. The van der Waals surface area contributed by atoms with E-state index in [9.17, 15) is 4.79 Å². The number of carbonyl (C=O) groups excluding carboxylic acids is 1. The molecule has 0 saturated carbocycles. The molecule has 0 aliphatic carbocycles. The van der Waals surface area contributed by atoms with Crippen molar-refractivity contribution >= 4 is 39.4 Å². The van der Waals surface area contributed by atoms with Gasteiger partial charge in [-0.1, -0.05) is 79.7 Å². The molecule has 27 heavy (non-hydrogen) atoms. The van der Waals surface area contributed by atoms with E-state index in [2.05, 4.69) is 17.6 Å². The highest BCUT2D eigenvalue weighted by atomic mass is 32.2. The lowest BCUT2D eigenvalue weighted by molar-refractivity contribution is 0.102. The maximum atomic E-state index is 12.9. The highest BCUT2D eigenvalue weighted by Crippen LogP contribution is 2.27. The second-order valence-corrected chi connectivity index (χ2v) is 7.57. The van der Waals surface area contributed by atoms with Crippen LogP contribution in [0.1, 0.15) is 30.1 Å². The first kappa shape index (κ1) is 17.8. The molecule has 4 aromatic rings. The predicted octanol–water partition coefficient (Wildman–Crippen LogP) is 5.96. The summed E-state index contributed by atoms with van der Waals surface area (Å²) in [7, 11) is 0. The highest BCUT2D eigenvalue weighted by Gasteiger charge is 2.15. The Labute approximate surface area is 163 Å². The van der Waals surface area contributed by atoms with Gasteiger partial charge in [0.25, 0.3) is 0 Å². The first-order valence-electron chi connectivity index (χ1n) is 9.37. The number of rotatable bonds is 7. The van der Waals surface area contributed by atoms with E-state index in [0.717, 1.165) is 51.9 Å². The lowest BCUT2D eigenvalue weighted by Gasteiger charge is -2.09. The van der Waals surface area contributed by atoms with Gasteiger partial charge in [-0.05, 0) is 29.3 Å². The quantitative estimate of drug-likeness (QED) is 0.295. The molecular formula is C23H22N2OS. The Morgan fingerprint density at radius 3 is 2.67 bits per heavy atom. The van der Waals surface area contributed by atoms with Crippen molar-refractivity contribution in [1.82, 2.24) is 9.55 Å². The number of ketones is 1. The lowest BCUT2D eigenvalue weighted by atomic mass is 10.0. The number of imidazole rings is 1. The van der Waals surface area contributed by atoms with Gasteiger partial charge in [-0.3, -0.25) is 4.79 Å². The third-order valence-corrected chi connectivity index (χ3v) is 5.75. The van der Waals surface area contributed by atoms with Gasteiger partial charge in [0.15, 0.2) is 10.9 Å². The van der Waals surface area contributed by atoms with Gasteiger partial charge in [0.05, 0.1) is 16.8 Å². The Kier molecular flexibility index (Phi) is 5.26. The van der Waals surface area contributed by atoms with Gasteiger partial charge in [-0.2, -0.15) is 0 Å². The SMILES string of the molecule is CCCCn1c(SCC(=O)c2cccc3ccccc23)nc2ccccc21. The summed E-state index contributed by atoms with van der Waals surface area (Å²) in [5, 5.41) is 3.05. The fourth-order valence-corrected chi connectivity index (χ4v) is 4.30. The van der Waals surface area contributed by atoms with Crippen molar-refractivity contribution in [2.75, 3.05) is 5.75 Å². The Morgan fingerprint density at radius 1 is 1.00 bits per heavy atom. The molecule has 0 fully saturated rings. The summed E-state index contributed by atoms with van der Waals surface area (Å²) in [6, 6.07) is 22.2. The summed E-state index contributed by atoms with van der Waals surface area (Å²) in [6.45, 7) is 3.12. The number of hydrogen-bond donors (Lipinski definition) is 0. The molecule has 0 radical (unpaired) electrons. The zero-order valence-electron chi connectivity index (χ0n) is 15.4. The molecular weight excluding hydrogens is 352 g/mol. The van der Waals surface area contributed by atoms with Crippen LogP contribution in [0.3, 0.4) is 0 Å². The zero-order chi connectivity index (χ0) is 18.6. The van der Waals surface area contributed by atoms with E-state index in [1.807, 2.05) is 60.7 Å². The smallest absolute Gasteiger partial charge is 0.173 e. The van der Waals surface area contributed by atoms with Crippen molar-refractivity contribution in [1.29, 1.82) is 0 Å². The number of aryl methyl sites for hydroxylation is 1. The van der Waals surface area contributed by atoms with Gasteiger partial charge in [0, 0.05) is 12.1 Å². The van der Waals surface area contributed by atoms with Crippen LogP contribution in [0.4, 0.5) is 0 Å². The van der Waals surface area contributed by atoms with Crippen molar-refractivity contribution in [2.45, 2.75) is 31.5 Å². The molecule has 0 unspecified atom stereocenters. The second-order valence-electron chi connectivity index (χ2n) is 6.63. The number of fused-ring (bicyclic) bond motifs is 2. The molecule has 0 saturated heterocycles. The summed E-state index contributed by atoms with van der Waals surface area (Å²) < 4.78 is 2.25. The largest absolute Gasteiger partial charge is 0.319 e. The van der Waals surface area contributed by atoms with Crippen LogP contribution in [0.25, 0.3) is 21.8 Å². The number of unbranched alkanes of at least 4 members (excludes halogenated alkanes) is 1. The third kappa shape index (κ3) is 3.62. The van der Waals surface area contributed by atoms with Crippen molar-refractivity contribution in [3.63, 3.8) is 0 Å². The average Bonchev–Trinajstić information content (AvgIpc) is 3.07. The Bertz CT molecular complexity index is 1090. The number of thioether (sulfide) groups is 1. The number of carbonyl (C=O) groups is 1. The fraction of sp³-hybridized carbons (Fsp3) is 0.217. The monoisotopic (exact) mass is 374 g/mol. The standard InChI is InChI=1S/C23H22N2OS/c1-2-3-15-25-21-14-7-6-13-20(21)24-23(25)27-16-22(26)19-12-8-10-17-9-4-5-11-18(17)19/h4-14H,2-3,15-16H2,1H3. The molecule has 0 aliphatic heterocycles. The number of Topliss-reactive ketones (excluding diaryl/α,β-unsaturated/α-hetero) is 1. The summed E-state index contributed by atoms with van der Waals surface area (Å²) in [4.78, 5) is 17.7. The first-order valence-corrected chi connectivity index (χ1v) is 10.4. The van der Waals surface area contributed by atoms with Crippen LogP contribution in [0, 0.1) is 0 Å². The summed E-state index contributed by atoms with van der Waals surface area (Å²) in [6.07, 6.45) is 2.23. The van der Waals surface area contributed by atoms with E-state index in [-0.39, 0.29) is 5.78 Å². The molecule has 136 valence electrons. The Morgan fingerprint density at radius 2 is 1.78 bits per heavy atom. The van der Waals surface area contributed by atoms with Crippen molar-refractivity contribution in [3.05, 3.63) is 72.3 Å². The topological polar surface area (TPSA) is 34.9 Å². The molecule has 0 aliphatic rings. The number of para-hydroxylation sites is 2. The van der Waals surface area contributed by atoms with E-state index in [1.165, 1.54) is 11.8 Å². The number of aromatic nitrogens is 2. The van der Waals surface area contributed by atoms with Gasteiger partial charge in [-0.15, -0.1) is 0 Å². The predicted molar refractivity (Wildman–Crippen MR) is 114 cm³/mol. The van der Waals surface area contributed by atoms with Gasteiger partial charge in [0.1, 0.15) is 0 Å². The highest BCUT2D eigenvalue weighted by molar-refractivity contribution is 7.99. The van der Waals surface area contributed by atoms with Gasteiger partial charge < -0.3 is 4.57 Å². The molecule has 0 N–H and O–H groups in total. The molecule has 0 spiro atoms. The maximum absolute atomic E-state index is 12.9. The molecule has 0 atom stereocenters. The molecule has 1 aromatic heterocycles. The van der Waals surface area contributed by atoms with Crippen LogP contribution in [0.2, 0.25) is 0 Å². The van der Waals surface area contributed by atoms with Gasteiger partial charge >= 0.3 is 0 Å².